The van der Waals surface area contributed by atoms with Crippen LogP contribution in [0.5, 0.6) is 0 Å². The summed E-state index contributed by atoms with van der Waals surface area (Å²) in [5.74, 6) is 0.971. The lowest BCUT2D eigenvalue weighted by Crippen LogP contribution is -2.28. The molecule has 3 aromatic heterocycles. The number of nitrogens with one attached hydrogen (secondary N) is 1. The summed E-state index contributed by atoms with van der Waals surface area (Å²) in [5, 5.41) is 7.55. The van der Waals surface area contributed by atoms with Gasteiger partial charge in [0.15, 0.2) is 5.82 Å². The Morgan fingerprint density at radius 2 is 2.23 bits per heavy atom. The van der Waals surface area contributed by atoms with Gasteiger partial charge < -0.3 is 14.4 Å². The fourth-order valence-corrected chi connectivity index (χ4v) is 3.54. The van der Waals surface area contributed by atoms with Crippen LogP contribution in [-0.4, -0.2) is 39.5 Å². The average Bonchev–Trinajstić information content (AvgIpc) is 3.37. The Bertz CT molecular complexity index is 1050. The van der Waals surface area contributed by atoms with Crippen molar-refractivity contribution in [3.05, 3.63) is 57.5 Å². The quantitative estimate of drug-likeness (QED) is 0.556. The smallest absolute Gasteiger partial charge is 0.274 e. The number of hydrogen-bond donors (Lipinski definition) is 1. The maximum absolute atomic E-state index is 12.2. The van der Waals surface area contributed by atoms with Gasteiger partial charge in [0.1, 0.15) is 5.69 Å². The molecule has 4 rings (SSSR count). The molecule has 0 aliphatic rings. The van der Waals surface area contributed by atoms with Crippen LogP contribution in [0.25, 0.3) is 22.5 Å². The molecule has 0 bridgehead atoms. The Labute approximate surface area is 158 Å². The fraction of sp³-hybridized carbons (Fsp3) is 0.167. The molecule has 1 amide bonds. The number of carbonyl (C=O) groups is 1. The van der Waals surface area contributed by atoms with Crippen molar-refractivity contribution in [3.8, 4) is 11.6 Å². The summed E-state index contributed by atoms with van der Waals surface area (Å²) < 4.78 is 5.35. The van der Waals surface area contributed by atoms with E-state index in [0.29, 0.717) is 29.7 Å². The van der Waals surface area contributed by atoms with Crippen LogP contribution in [0.4, 0.5) is 0 Å². The third-order valence-electron chi connectivity index (χ3n) is 4.03. The number of thiophene rings is 1. The second-order valence-electron chi connectivity index (χ2n) is 5.88. The highest BCUT2D eigenvalue weighted by atomic mass is 35.5. The zero-order valence-electron chi connectivity index (χ0n) is 13.9. The van der Waals surface area contributed by atoms with Gasteiger partial charge in [0.25, 0.3) is 11.8 Å². The molecule has 6 nitrogen and oxygen atoms in total. The molecule has 8 heteroatoms. The van der Waals surface area contributed by atoms with E-state index < -0.39 is 0 Å². The molecule has 1 aromatic carbocycles. The first kappa shape index (κ1) is 16.8. The Hall–Kier alpha value is -2.64. The number of fused-ring (bicyclic) bond motifs is 1. The molecule has 3 heterocycles. The van der Waals surface area contributed by atoms with Crippen molar-refractivity contribution in [3.63, 3.8) is 0 Å². The first-order valence-corrected chi connectivity index (χ1v) is 9.26. The molecular weight excluding hydrogens is 372 g/mol. The van der Waals surface area contributed by atoms with E-state index >= 15 is 0 Å². The molecule has 0 spiro atoms. The van der Waals surface area contributed by atoms with Gasteiger partial charge >= 0.3 is 0 Å². The maximum Gasteiger partial charge on any atom is 0.274 e. The summed E-state index contributed by atoms with van der Waals surface area (Å²) in [6.07, 6.45) is 0.517. The molecule has 0 aliphatic carbocycles. The van der Waals surface area contributed by atoms with Crippen LogP contribution < -0.4 is 0 Å². The molecule has 0 unspecified atom stereocenters. The van der Waals surface area contributed by atoms with E-state index in [9.17, 15) is 4.79 Å². The van der Waals surface area contributed by atoms with Crippen LogP contribution >= 0.6 is 22.9 Å². The minimum atomic E-state index is -0.00351. The third-order valence-corrected chi connectivity index (χ3v) is 5.12. The van der Waals surface area contributed by atoms with Gasteiger partial charge in [-0.2, -0.15) is 4.98 Å². The predicted octanol–water partition coefficient (Wildman–Crippen LogP) is 4.25. The number of aromatic amines is 1. The predicted molar refractivity (Wildman–Crippen MR) is 102 cm³/mol. The van der Waals surface area contributed by atoms with Crippen molar-refractivity contribution in [1.29, 1.82) is 0 Å². The second kappa shape index (κ2) is 6.93. The highest BCUT2D eigenvalue weighted by Gasteiger charge is 2.15. The molecule has 0 atom stereocenters. The Balaban J connectivity index is 1.45. The summed E-state index contributed by atoms with van der Waals surface area (Å²) in [6, 6.07) is 11.2. The van der Waals surface area contributed by atoms with Gasteiger partial charge in [0.2, 0.25) is 0 Å². The highest BCUT2D eigenvalue weighted by Crippen LogP contribution is 2.25. The van der Waals surface area contributed by atoms with Crippen LogP contribution in [-0.2, 0) is 6.42 Å². The molecule has 4 aromatic rings. The molecular formula is C18H15ClN4O2S. The molecule has 1 N–H and O–H groups in total. The van der Waals surface area contributed by atoms with Crippen molar-refractivity contribution < 1.29 is 9.32 Å². The molecule has 0 aliphatic heterocycles. The first-order chi connectivity index (χ1) is 12.6. The molecule has 132 valence electrons. The molecule has 0 fully saturated rings. The van der Waals surface area contributed by atoms with E-state index in [0.717, 1.165) is 21.5 Å². The van der Waals surface area contributed by atoms with Gasteiger partial charge in [-0.1, -0.05) is 22.8 Å². The number of aromatic nitrogens is 3. The first-order valence-electron chi connectivity index (χ1n) is 8.00. The van der Waals surface area contributed by atoms with Crippen molar-refractivity contribution >= 4 is 39.7 Å². The van der Waals surface area contributed by atoms with Gasteiger partial charge in [-0.05, 0) is 35.7 Å². The summed E-state index contributed by atoms with van der Waals surface area (Å²) in [7, 11) is 1.77. The summed E-state index contributed by atoms with van der Waals surface area (Å²) in [4.78, 5) is 22.3. The van der Waals surface area contributed by atoms with Gasteiger partial charge in [0, 0.05) is 35.9 Å². The van der Waals surface area contributed by atoms with Crippen LogP contribution in [0.3, 0.4) is 0 Å². The Morgan fingerprint density at radius 1 is 1.35 bits per heavy atom. The third kappa shape index (κ3) is 3.36. The number of amides is 1. The lowest BCUT2D eigenvalue weighted by molar-refractivity contribution is 0.0800. The van der Waals surface area contributed by atoms with Crippen molar-refractivity contribution in [1.82, 2.24) is 20.0 Å². The van der Waals surface area contributed by atoms with Gasteiger partial charge in [-0.25, -0.2) is 0 Å². The standard InChI is InChI=1S/C18H15ClN4O2S/c1-23(18(24)15-3-2-8-26-15)7-6-16-21-17(25-22-16)14-10-11-9-12(19)4-5-13(11)20-14/h2-5,8-10,20H,6-7H2,1H3. The maximum atomic E-state index is 12.2. The molecule has 0 saturated carbocycles. The van der Waals surface area contributed by atoms with E-state index in [-0.39, 0.29) is 5.91 Å². The number of benzene rings is 1. The molecule has 26 heavy (non-hydrogen) atoms. The van der Waals surface area contributed by atoms with Gasteiger partial charge in [-0.3, -0.25) is 4.79 Å². The number of carbonyl (C=O) groups excluding carboxylic acids is 1. The normalized spacial score (nSPS) is 11.2. The Kier molecular flexibility index (Phi) is 4.48. The SMILES string of the molecule is CN(CCc1noc(-c2cc3cc(Cl)ccc3[nH]2)n1)C(=O)c1cccs1. The zero-order valence-corrected chi connectivity index (χ0v) is 15.5. The van der Waals surface area contributed by atoms with Crippen molar-refractivity contribution in [2.24, 2.45) is 0 Å². The number of hydrogen-bond acceptors (Lipinski definition) is 5. The monoisotopic (exact) mass is 386 g/mol. The minimum absolute atomic E-state index is 0.00351. The van der Waals surface area contributed by atoms with Gasteiger partial charge in [-0.15, -0.1) is 11.3 Å². The zero-order chi connectivity index (χ0) is 18.1. The summed E-state index contributed by atoms with van der Waals surface area (Å²) in [6.45, 7) is 0.512. The largest absolute Gasteiger partial charge is 0.351 e. The topological polar surface area (TPSA) is 75.0 Å². The highest BCUT2D eigenvalue weighted by molar-refractivity contribution is 7.12. The van der Waals surface area contributed by atoms with Crippen LogP contribution in [0.15, 0.2) is 46.3 Å². The fourth-order valence-electron chi connectivity index (χ4n) is 2.64. The van der Waals surface area contributed by atoms with Crippen molar-refractivity contribution in [2.75, 3.05) is 13.6 Å². The number of rotatable bonds is 5. The number of nitrogens with zero attached hydrogens (tertiary/aromatic N) is 3. The van der Waals surface area contributed by atoms with Crippen molar-refractivity contribution in [2.45, 2.75) is 6.42 Å². The Morgan fingerprint density at radius 3 is 3.04 bits per heavy atom. The lowest BCUT2D eigenvalue weighted by atomic mass is 10.2. The van der Waals surface area contributed by atoms with Crippen LogP contribution in [0.1, 0.15) is 15.5 Å². The average molecular weight is 387 g/mol. The van der Waals surface area contributed by atoms with E-state index in [1.165, 1.54) is 11.3 Å². The van der Waals surface area contributed by atoms with E-state index in [1.807, 2.05) is 41.8 Å². The molecule has 0 saturated heterocycles. The summed E-state index contributed by atoms with van der Waals surface area (Å²) in [5.41, 5.74) is 1.69. The lowest BCUT2D eigenvalue weighted by Gasteiger charge is -2.14. The van der Waals surface area contributed by atoms with E-state index in [4.69, 9.17) is 16.1 Å². The van der Waals surface area contributed by atoms with Crippen LogP contribution in [0, 0.1) is 0 Å². The van der Waals surface area contributed by atoms with E-state index in [2.05, 4.69) is 15.1 Å². The second-order valence-corrected chi connectivity index (χ2v) is 7.27. The number of halogens is 1. The minimum Gasteiger partial charge on any atom is -0.351 e. The summed E-state index contributed by atoms with van der Waals surface area (Å²) >= 11 is 7.45. The number of likely N-dealkylation sites (N-methyl/N-ethyl adjacent to an activating group) is 1. The van der Waals surface area contributed by atoms with Gasteiger partial charge in [0.05, 0.1) is 4.88 Å². The van der Waals surface area contributed by atoms with Crippen LogP contribution in [0.2, 0.25) is 5.02 Å². The molecule has 0 radical (unpaired) electrons. The van der Waals surface area contributed by atoms with E-state index in [1.54, 1.807) is 11.9 Å². The number of H-pyrrole nitrogens is 1.